The van der Waals surface area contributed by atoms with E-state index in [1.165, 1.54) is 11.8 Å². The molecule has 162 valence electrons. The van der Waals surface area contributed by atoms with Crippen LogP contribution in [0.25, 0.3) is 11.0 Å². The van der Waals surface area contributed by atoms with E-state index in [-0.39, 0.29) is 5.91 Å². The van der Waals surface area contributed by atoms with E-state index in [9.17, 15) is 4.79 Å². The zero-order chi connectivity index (χ0) is 22.3. The van der Waals surface area contributed by atoms with Crippen LogP contribution in [0.15, 0.2) is 71.8 Å². The molecule has 0 bridgehead atoms. The molecule has 4 aromatic rings. The number of nitrogens with one attached hydrogen (secondary N) is 2. The number of nitrogens with zero attached hydrogens (tertiary/aromatic N) is 2. The number of ether oxygens (including phenoxy) is 2. The molecule has 0 radical (unpaired) electrons. The summed E-state index contributed by atoms with van der Waals surface area (Å²) in [6, 6.07) is 20.9. The summed E-state index contributed by atoms with van der Waals surface area (Å²) in [7, 11) is 1.57. The summed E-state index contributed by atoms with van der Waals surface area (Å²) in [4.78, 5) is 20.5. The van der Waals surface area contributed by atoms with Crippen molar-refractivity contribution in [2.24, 2.45) is 5.10 Å². The Hall–Kier alpha value is -4.13. The standard InChI is InChI=1S/C25H24N4O3/c1-3-32-22-11-7-10-19(24(22)31-2)16-26-29-25(30)18-12-13-20-21(15-18)28-23(27-20)14-17-8-5-4-6-9-17/h4-13,15-16H,3,14H2,1-2H3,(H,27,28)(H,29,30)/b26-16-. The molecular formula is C25H24N4O3. The fourth-order valence-corrected chi connectivity index (χ4v) is 3.42. The lowest BCUT2D eigenvalue weighted by Gasteiger charge is -2.11. The Kier molecular flexibility index (Phi) is 6.46. The number of H-pyrrole nitrogens is 1. The lowest BCUT2D eigenvalue weighted by molar-refractivity contribution is 0.0955. The van der Waals surface area contributed by atoms with Crippen LogP contribution in [0.4, 0.5) is 0 Å². The molecule has 0 unspecified atom stereocenters. The Balaban J connectivity index is 1.46. The minimum atomic E-state index is -0.317. The number of aromatic nitrogens is 2. The Bertz CT molecular complexity index is 1250. The Morgan fingerprint density at radius 2 is 1.97 bits per heavy atom. The average Bonchev–Trinajstić information content (AvgIpc) is 3.21. The molecule has 0 aliphatic heterocycles. The van der Waals surface area contributed by atoms with Crippen LogP contribution in [-0.4, -0.2) is 35.8 Å². The van der Waals surface area contributed by atoms with Crippen LogP contribution in [0.1, 0.15) is 34.2 Å². The monoisotopic (exact) mass is 428 g/mol. The highest BCUT2D eigenvalue weighted by Gasteiger charge is 2.10. The van der Waals surface area contributed by atoms with Gasteiger partial charge in [-0.15, -0.1) is 0 Å². The number of hydrazone groups is 1. The van der Waals surface area contributed by atoms with Gasteiger partial charge in [0.25, 0.3) is 5.91 Å². The number of benzene rings is 3. The number of rotatable bonds is 8. The second-order valence-electron chi connectivity index (χ2n) is 7.09. The van der Waals surface area contributed by atoms with Gasteiger partial charge in [0.2, 0.25) is 0 Å². The van der Waals surface area contributed by atoms with E-state index in [0.717, 1.165) is 16.9 Å². The number of methoxy groups -OCH3 is 1. The number of imidazole rings is 1. The average molecular weight is 428 g/mol. The van der Waals surface area contributed by atoms with Crippen molar-refractivity contribution >= 4 is 23.2 Å². The van der Waals surface area contributed by atoms with Crippen molar-refractivity contribution < 1.29 is 14.3 Å². The van der Waals surface area contributed by atoms with Crippen molar-refractivity contribution in [3.05, 3.63) is 89.2 Å². The third kappa shape index (κ3) is 4.78. The first kappa shape index (κ1) is 21.1. The van der Waals surface area contributed by atoms with Crippen molar-refractivity contribution in [3.8, 4) is 11.5 Å². The molecule has 4 rings (SSSR count). The number of para-hydroxylation sites is 1. The molecule has 0 aliphatic carbocycles. The fraction of sp³-hybridized carbons (Fsp3) is 0.160. The summed E-state index contributed by atoms with van der Waals surface area (Å²) in [6.45, 7) is 2.43. The van der Waals surface area contributed by atoms with Crippen molar-refractivity contribution in [2.75, 3.05) is 13.7 Å². The molecule has 0 spiro atoms. The predicted octanol–water partition coefficient (Wildman–Crippen LogP) is 4.32. The quantitative estimate of drug-likeness (QED) is 0.323. The highest BCUT2D eigenvalue weighted by Crippen LogP contribution is 2.29. The smallest absolute Gasteiger partial charge is 0.271 e. The molecular weight excluding hydrogens is 404 g/mol. The van der Waals surface area contributed by atoms with Gasteiger partial charge < -0.3 is 14.5 Å². The normalized spacial score (nSPS) is 11.1. The van der Waals surface area contributed by atoms with Gasteiger partial charge in [-0.2, -0.15) is 5.10 Å². The molecule has 0 saturated carbocycles. The van der Waals surface area contributed by atoms with Crippen LogP contribution in [-0.2, 0) is 6.42 Å². The van der Waals surface area contributed by atoms with Crippen LogP contribution in [0.3, 0.4) is 0 Å². The van der Waals surface area contributed by atoms with Crippen LogP contribution < -0.4 is 14.9 Å². The zero-order valence-electron chi connectivity index (χ0n) is 18.0. The van der Waals surface area contributed by atoms with Crippen molar-refractivity contribution in [2.45, 2.75) is 13.3 Å². The third-order valence-electron chi connectivity index (χ3n) is 4.89. The Morgan fingerprint density at radius 3 is 2.75 bits per heavy atom. The second-order valence-corrected chi connectivity index (χ2v) is 7.09. The van der Waals surface area contributed by atoms with E-state index in [2.05, 4.69) is 32.6 Å². The third-order valence-corrected chi connectivity index (χ3v) is 4.89. The first-order chi connectivity index (χ1) is 15.7. The van der Waals surface area contributed by atoms with Gasteiger partial charge >= 0.3 is 0 Å². The molecule has 3 aromatic carbocycles. The minimum Gasteiger partial charge on any atom is -0.492 e. The first-order valence-corrected chi connectivity index (χ1v) is 10.3. The molecule has 0 atom stereocenters. The molecule has 0 aliphatic rings. The van der Waals surface area contributed by atoms with Crippen molar-refractivity contribution in [3.63, 3.8) is 0 Å². The lowest BCUT2D eigenvalue weighted by Crippen LogP contribution is -2.17. The number of carbonyl (C=O) groups is 1. The summed E-state index contributed by atoms with van der Waals surface area (Å²) in [5.41, 5.74) is 6.54. The molecule has 1 aromatic heterocycles. The maximum absolute atomic E-state index is 12.6. The van der Waals surface area contributed by atoms with Crippen LogP contribution in [0.5, 0.6) is 11.5 Å². The highest BCUT2D eigenvalue weighted by atomic mass is 16.5. The van der Waals surface area contributed by atoms with Gasteiger partial charge in [-0.05, 0) is 42.8 Å². The van der Waals surface area contributed by atoms with E-state index in [1.807, 2.05) is 49.4 Å². The van der Waals surface area contributed by atoms with Gasteiger partial charge in [-0.1, -0.05) is 36.4 Å². The minimum absolute atomic E-state index is 0.317. The number of carbonyl (C=O) groups excluding carboxylic acids is 1. The van der Waals surface area contributed by atoms with E-state index in [0.29, 0.717) is 35.7 Å². The van der Waals surface area contributed by atoms with Gasteiger partial charge in [-0.25, -0.2) is 10.4 Å². The number of hydrogen-bond donors (Lipinski definition) is 2. The number of amides is 1. The van der Waals surface area contributed by atoms with Crippen LogP contribution in [0, 0.1) is 0 Å². The summed E-state index contributed by atoms with van der Waals surface area (Å²) in [6.07, 6.45) is 2.23. The van der Waals surface area contributed by atoms with Crippen LogP contribution >= 0.6 is 0 Å². The second kappa shape index (κ2) is 9.78. The summed E-state index contributed by atoms with van der Waals surface area (Å²) in [5.74, 6) is 1.73. The predicted molar refractivity (Wildman–Crippen MR) is 125 cm³/mol. The fourth-order valence-electron chi connectivity index (χ4n) is 3.42. The Labute approximate surface area is 186 Å². The maximum atomic E-state index is 12.6. The van der Waals surface area contributed by atoms with Crippen molar-refractivity contribution in [1.82, 2.24) is 15.4 Å². The lowest BCUT2D eigenvalue weighted by atomic mass is 10.1. The van der Waals surface area contributed by atoms with Gasteiger partial charge in [0.15, 0.2) is 11.5 Å². The van der Waals surface area contributed by atoms with Gasteiger partial charge in [0.05, 0.1) is 31.0 Å². The number of hydrogen-bond acceptors (Lipinski definition) is 5. The van der Waals surface area contributed by atoms with Crippen LogP contribution in [0.2, 0.25) is 0 Å². The molecule has 0 fully saturated rings. The van der Waals surface area contributed by atoms with Crippen molar-refractivity contribution in [1.29, 1.82) is 0 Å². The summed E-state index contributed by atoms with van der Waals surface area (Å²) < 4.78 is 11.0. The zero-order valence-corrected chi connectivity index (χ0v) is 18.0. The Morgan fingerprint density at radius 1 is 1.12 bits per heavy atom. The molecule has 7 heteroatoms. The van der Waals surface area contributed by atoms with Gasteiger partial charge in [0.1, 0.15) is 5.82 Å². The molecule has 7 nitrogen and oxygen atoms in total. The largest absolute Gasteiger partial charge is 0.492 e. The van der Waals surface area contributed by atoms with Gasteiger partial charge in [-0.3, -0.25) is 4.79 Å². The highest BCUT2D eigenvalue weighted by molar-refractivity contribution is 5.98. The van der Waals surface area contributed by atoms with Gasteiger partial charge in [0, 0.05) is 17.5 Å². The number of aromatic amines is 1. The summed E-state index contributed by atoms with van der Waals surface area (Å²) in [5, 5.41) is 4.08. The molecule has 1 amide bonds. The first-order valence-electron chi connectivity index (χ1n) is 10.3. The molecule has 0 saturated heterocycles. The topological polar surface area (TPSA) is 88.6 Å². The van der Waals surface area contributed by atoms with E-state index >= 15 is 0 Å². The maximum Gasteiger partial charge on any atom is 0.271 e. The molecule has 32 heavy (non-hydrogen) atoms. The van der Waals surface area contributed by atoms with E-state index in [1.54, 1.807) is 19.2 Å². The summed E-state index contributed by atoms with van der Waals surface area (Å²) >= 11 is 0. The van der Waals surface area contributed by atoms with E-state index in [4.69, 9.17) is 9.47 Å². The molecule has 2 N–H and O–H groups in total. The van der Waals surface area contributed by atoms with E-state index < -0.39 is 0 Å². The number of fused-ring (bicyclic) bond motifs is 1. The SMILES string of the molecule is CCOc1cccc(/C=N\NC(=O)c2ccc3nc(Cc4ccccc4)[nH]c3c2)c1OC. The molecule has 1 heterocycles.